The topological polar surface area (TPSA) is 47.6 Å². The highest BCUT2D eigenvalue weighted by molar-refractivity contribution is 8.02. The number of hydrogen-bond acceptors (Lipinski definition) is 6. The average Bonchev–Trinajstić information content (AvgIpc) is 3.10. The van der Waals surface area contributed by atoms with Crippen molar-refractivity contribution in [1.29, 1.82) is 0 Å². The van der Waals surface area contributed by atoms with Gasteiger partial charge in [-0.15, -0.1) is 11.3 Å². The molecule has 0 aliphatic heterocycles. The zero-order valence-corrected chi connectivity index (χ0v) is 16.6. The fraction of sp³-hybridized carbons (Fsp3) is 0.250. The van der Waals surface area contributed by atoms with Crippen LogP contribution in [0.1, 0.15) is 20.8 Å². The number of carbonyl (C=O) groups excluding carboxylic acids is 1. The first kappa shape index (κ1) is 18.6. The molecule has 0 spiro atoms. The summed E-state index contributed by atoms with van der Waals surface area (Å²) >= 11 is 3.27. The third-order valence-corrected chi connectivity index (χ3v) is 5.27. The summed E-state index contributed by atoms with van der Waals surface area (Å²) in [5.74, 6) is 0.287. The number of hydrogen-bond donors (Lipinski definition) is 1. The SMILES string of the molecule is CC(C)(C)OC(=O)COc1ccc(NSc2cccs2)c2ccccc12. The van der Waals surface area contributed by atoms with Crippen molar-refractivity contribution in [3.05, 3.63) is 53.9 Å². The van der Waals surface area contributed by atoms with E-state index in [1.54, 1.807) is 23.3 Å². The number of thiophene rings is 1. The molecule has 136 valence electrons. The minimum absolute atomic E-state index is 0.113. The molecule has 0 radical (unpaired) electrons. The van der Waals surface area contributed by atoms with E-state index in [9.17, 15) is 4.79 Å². The van der Waals surface area contributed by atoms with Gasteiger partial charge in [0.1, 0.15) is 11.4 Å². The van der Waals surface area contributed by atoms with Gasteiger partial charge in [0.15, 0.2) is 6.61 Å². The molecule has 3 aromatic rings. The Kier molecular flexibility index (Phi) is 5.74. The van der Waals surface area contributed by atoms with E-state index in [1.807, 2.05) is 63.2 Å². The Labute approximate surface area is 161 Å². The summed E-state index contributed by atoms with van der Waals surface area (Å²) < 4.78 is 15.6. The Balaban J connectivity index is 1.75. The predicted octanol–water partition coefficient (Wildman–Crippen LogP) is 5.74. The van der Waals surface area contributed by atoms with E-state index in [4.69, 9.17) is 9.47 Å². The molecular weight excluding hydrogens is 366 g/mol. The molecule has 0 fully saturated rings. The highest BCUT2D eigenvalue weighted by Gasteiger charge is 2.17. The molecule has 0 saturated carbocycles. The highest BCUT2D eigenvalue weighted by atomic mass is 32.2. The highest BCUT2D eigenvalue weighted by Crippen LogP contribution is 2.34. The van der Waals surface area contributed by atoms with Gasteiger partial charge in [0.25, 0.3) is 0 Å². The van der Waals surface area contributed by atoms with Gasteiger partial charge in [-0.3, -0.25) is 0 Å². The lowest BCUT2D eigenvalue weighted by molar-refractivity contribution is -0.157. The van der Waals surface area contributed by atoms with Crippen molar-refractivity contribution in [2.24, 2.45) is 0 Å². The van der Waals surface area contributed by atoms with Crippen LogP contribution in [0.25, 0.3) is 10.8 Å². The fourth-order valence-electron chi connectivity index (χ4n) is 2.42. The largest absolute Gasteiger partial charge is 0.481 e. The van der Waals surface area contributed by atoms with Crippen LogP contribution in [0.4, 0.5) is 5.69 Å². The van der Waals surface area contributed by atoms with Crippen molar-refractivity contribution in [1.82, 2.24) is 0 Å². The van der Waals surface area contributed by atoms with Gasteiger partial charge in [-0.05, 0) is 56.3 Å². The van der Waals surface area contributed by atoms with Crippen LogP contribution >= 0.6 is 23.3 Å². The summed E-state index contributed by atoms with van der Waals surface area (Å²) in [6, 6.07) is 15.9. The van der Waals surface area contributed by atoms with Gasteiger partial charge in [-0.2, -0.15) is 0 Å². The van der Waals surface area contributed by atoms with Gasteiger partial charge in [0, 0.05) is 10.8 Å². The molecule has 2 aromatic carbocycles. The van der Waals surface area contributed by atoms with Crippen molar-refractivity contribution in [3.8, 4) is 5.75 Å². The quantitative estimate of drug-likeness (QED) is 0.432. The van der Waals surface area contributed by atoms with E-state index in [0.29, 0.717) is 5.75 Å². The van der Waals surface area contributed by atoms with Crippen molar-refractivity contribution in [2.75, 3.05) is 11.3 Å². The number of rotatable bonds is 6. The minimum Gasteiger partial charge on any atom is -0.481 e. The van der Waals surface area contributed by atoms with Crippen molar-refractivity contribution >= 4 is 45.7 Å². The number of esters is 1. The van der Waals surface area contributed by atoms with Crippen LogP contribution in [-0.4, -0.2) is 18.2 Å². The fourth-order valence-corrected chi connectivity index (χ4v) is 3.89. The standard InChI is InChI=1S/C20H21NO3S2/c1-20(2,3)24-18(22)13-23-17-11-10-16(14-7-4-5-8-15(14)17)21-26-19-9-6-12-25-19/h4-12,21H,13H2,1-3H3. The number of fused-ring (bicyclic) bond motifs is 1. The Hall–Kier alpha value is -2.18. The molecule has 26 heavy (non-hydrogen) atoms. The number of benzene rings is 2. The lowest BCUT2D eigenvalue weighted by Gasteiger charge is -2.20. The maximum absolute atomic E-state index is 11.9. The smallest absolute Gasteiger partial charge is 0.344 e. The van der Waals surface area contributed by atoms with Crippen LogP contribution in [0.2, 0.25) is 0 Å². The normalized spacial score (nSPS) is 11.3. The molecule has 0 aliphatic carbocycles. The lowest BCUT2D eigenvalue weighted by Crippen LogP contribution is -2.27. The van der Waals surface area contributed by atoms with Gasteiger partial charge in [0.2, 0.25) is 0 Å². The van der Waals surface area contributed by atoms with Gasteiger partial charge < -0.3 is 14.2 Å². The summed E-state index contributed by atoms with van der Waals surface area (Å²) in [4.78, 5) is 11.9. The van der Waals surface area contributed by atoms with Crippen LogP contribution in [-0.2, 0) is 9.53 Å². The maximum atomic E-state index is 11.9. The number of nitrogens with one attached hydrogen (secondary N) is 1. The molecule has 0 amide bonds. The molecule has 0 aliphatic rings. The van der Waals surface area contributed by atoms with Gasteiger partial charge in [-0.1, -0.05) is 30.3 Å². The van der Waals surface area contributed by atoms with Crippen LogP contribution in [0.5, 0.6) is 5.75 Å². The number of ether oxygens (including phenoxy) is 2. The predicted molar refractivity (Wildman–Crippen MR) is 109 cm³/mol. The summed E-state index contributed by atoms with van der Waals surface area (Å²) in [5.41, 5.74) is 0.485. The van der Waals surface area contributed by atoms with E-state index in [1.165, 1.54) is 4.21 Å². The Morgan fingerprint density at radius 3 is 2.54 bits per heavy atom. The third kappa shape index (κ3) is 4.93. The second kappa shape index (κ2) is 8.01. The van der Waals surface area contributed by atoms with E-state index < -0.39 is 5.60 Å². The van der Waals surface area contributed by atoms with Gasteiger partial charge in [-0.25, -0.2) is 4.79 Å². The first-order chi connectivity index (χ1) is 12.4. The summed E-state index contributed by atoms with van der Waals surface area (Å²) in [6.45, 7) is 5.40. The van der Waals surface area contributed by atoms with Gasteiger partial charge >= 0.3 is 5.97 Å². The van der Waals surface area contributed by atoms with Crippen molar-refractivity contribution in [3.63, 3.8) is 0 Å². The molecule has 0 unspecified atom stereocenters. The molecule has 0 saturated heterocycles. The van der Waals surface area contributed by atoms with Crippen LogP contribution in [0.3, 0.4) is 0 Å². The average molecular weight is 388 g/mol. The van der Waals surface area contributed by atoms with Crippen LogP contribution < -0.4 is 9.46 Å². The zero-order valence-electron chi connectivity index (χ0n) is 14.9. The molecule has 4 nitrogen and oxygen atoms in total. The molecule has 1 heterocycles. The summed E-state index contributed by atoms with van der Waals surface area (Å²) in [5, 5.41) is 4.04. The maximum Gasteiger partial charge on any atom is 0.344 e. The van der Waals surface area contributed by atoms with Crippen molar-refractivity contribution in [2.45, 2.75) is 30.6 Å². The Bertz CT molecular complexity index is 886. The molecular formula is C20H21NO3S2. The van der Waals surface area contributed by atoms with Gasteiger partial charge in [0.05, 0.1) is 9.90 Å². The zero-order chi connectivity index (χ0) is 18.6. The molecule has 0 atom stereocenters. The van der Waals surface area contributed by atoms with E-state index in [2.05, 4.69) is 16.2 Å². The summed E-state index contributed by atoms with van der Waals surface area (Å²) in [6.07, 6.45) is 0. The number of carbonyl (C=O) groups is 1. The second-order valence-electron chi connectivity index (χ2n) is 6.67. The Morgan fingerprint density at radius 2 is 1.85 bits per heavy atom. The minimum atomic E-state index is -0.519. The number of anilines is 1. The van der Waals surface area contributed by atoms with Crippen molar-refractivity contribution < 1.29 is 14.3 Å². The second-order valence-corrected chi connectivity index (χ2v) is 8.72. The first-order valence-electron chi connectivity index (χ1n) is 8.25. The van der Waals surface area contributed by atoms with Crippen LogP contribution in [0.15, 0.2) is 58.1 Å². The lowest BCUT2D eigenvalue weighted by atomic mass is 10.1. The van der Waals surface area contributed by atoms with E-state index in [0.717, 1.165) is 16.5 Å². The third-order valence-electron chi connectivity index (χ3n) is 3.41. The Morgan fingerprint density at radius 1 is 1.08 bits per heavy atom. The van der Waals surface area contributed by atoms with E-state index in [-0.39, 0.29) is 12.6 Å². The molecule has 1 N–H and O–H groups in total. The van der Waals surface area contributed by atoms with E-state index >= 15 is 0 Å². The summed E-state index contributed by atoms with van der Waals surface area (Å²) in [7, 11) is 0. The monoisotopic (exact) mass is 387 g/mol. The molecule has 3 rings (SSSR count). The van der Waals surface area contributed by atoms with Crippen LogP contribution in [0, 0.1) is 0 Å². The first-order valence-corrected chi connectivity index (χ1v) is 9.95. The molecule has 0 bridgehead atoms. The molecule has 6 heteroatoms. The molecule has 1 aromatic heterocycles.